The van der Waals surface area contributed by atoms with Crippen molar-refractivity contribution in [1.29, 1.82) is 0 Å². The van der Waals surface area contributed by atoms with Crippen molar-refractivity contribution in [3.8, 4) is 0 Å². The Morgan fingerprint density at radius 2 is 2.16 bits per heavy atom. The molecule has 1 unspecified atom stereocenters. The van der Waals surface area contributed by atoms with Gasteiger partial charge in [0, 0.05) is 46.0 Å². The summed E-state index contributed by atoms with van der Waals surface area (Å²) in [5.74, 6) is 1.71. The van der Waals surface area contributed by atoms with Crippen LogP contribution in [0.15, 0.2) is 23.3 Å². The van der Waals surface area contributed by atoms with Crippen LogP contribution < -0.4 is 5.32 Å². The monoisotopic (exact) mass is 459 g/mol. The predicted molar refractivity (Wildman–Crippen MR) is 112 cm³/mol. The lowest BCUT2D eigenvalue weighted by Crippen LogP contribution is -2.42. The summed E-state index contributed by atoms with van der Waals surface area (Å²) in [6.45, 7) is 10.1. The molecule has 2 aliphatic rings. The van der Waals surface area contributed by atoms with E-state index >= 15 is 0 Å². The molecule has 6 nitrogen and oxygen atoms in total. The van der Waals surface area contributed by atoms with Crippen molar-refractivity contribution >= 4 is 29.9 Å². The molecule has 0 amide bonds. The highest BCUT2D eigenvalue weighted by molar-refractivity contribution is 14.0. The molecular weight excluding hydrogens is 429 g/mol. The van der Waals surface area contributed by atoms with Crippen LogP contribution in [0.1, 0.15) is 17.7 Å². The van der Waals surface area contributed by atoms with Crippen molar-refractivity contribution in [2.75, 3.05) is 53.0 Å². The molecule has 2 fully saturated rings. The zero-order valence-electron chi connectivity index (χ0n) is 15.3. The van der Waals surface area contributed by atoms with E-state index in [1.807, 2.05) is 19.3 Å². The highest BCUT2D eigenvalue weighted by Crippen LogP contribution is 2.18. The molecule has 0 bridgehead atoms. The molecule has 0 aliphatic carbocycles. The smallest absolute Gasteiger partial charge is 0.193 e. The minimum absolute atomic E-state index is 0. The normalized spacial score (nSPS) is 21.9. The average Bonchev–Trinajstić information content (AvgIpc) is 3.06. The van der Waals surface area contributed by atoms with Crippen LogP contribution in [-0.4, -0.2) is 73.7 Å². The highest BCUT2D eigenvalue weighted by Gasteiger charge is 2.27. The summed E-state index contributed by atoms with van der Waals surface area (Å²) < 4.78 is 5.44. The molecule has 1 atom stereocenters. The van der Waals surface area contributed by atoms with E-state index in [1.54, 1.807) is 0 Å². The predicted octanol–water partition coefficient (Wildman–Crippen LogP) is 1.74. The van der Waals surface area contributed by atoms with Crippen molar-refractivity contribution in [2.45, 2.75) is 19.9 Å². The summed E-state index contributed by atoms with van der Waals surface area (Å²) in [6.07, 6.45) is 3.08. The van der Waals surface area contributed by atoms with E-state index in [1.165, 1.54) is 18.5 Å². The van der Waals surface area contributed by atoms with E-state index in [0.717, 1.165) is 63.5 Å². The van der Waals surface area contributed by atoms with E-state index < -0.39 is 0 Å². The molecule has 0 spiro atoms. The lowest BCUT2D eigenvalue weighted by Gasteiger charge is -2.29. The van der Waals surface area contributed by atoms with Gasteiger partial charge in [-0.3, -0.25) is 14.9 Å². The molecule has 3 rings (SSSR count). The van der Waals surface area contributed by atoms with Gasteiger partial charge in [-0.2, -0.15) is 0 Å². The van der Waals surface area contributed by atoms with Crippen molar-refractivity contribution in [1.82, 2.24) is 20.1 Å². The first-order valence-corrected chi connectivity index (χ1v) is 8.92. The summed E-state index contributed by atoms with van der Waals surface area (Å²) in [6, 6.07) is 4.07. The third kappa shape index (κ3) is 5.79. The maximum absolute atomic E-state index is 5.44. The summed E-state index contributed by atoms with van der Waals surface area (Å²) in [5, 5.41) is 3.47. The Hall–Kier alpha value is -0.930. The molecular formula is C18H30IN5O. The van der Waals surface area contributed by atoms with Crippen LogP contribution in [0, 0.1) is 12.8 Å². The van der Waals surface area contributed by atoms with Crippen LogP contribution in [-0.2, 0) is 11.3 Å². The van der Waals surface area contributed by atoms with Crippen LogP contribution in [0.3, 0.4) is 0 Å². The van der Waals surface area contributed by atoms with Crippen molar-refractivity contribution < 1.29 is 4.74 Å². The first-order chi connectivity index (χ1) is 11.8. The number of likely N-dealkylation sites (tertiary alicyclic amines) is 1. The summed E-state index contributed by atoms with van der Waals surface area (Å²) >= 11 is 0. The number of hydrogen-bond donors (Lipinski definition) is 1. The first kappa shape index (κ1) is 20.4. The number of rotatable bonds is 4. The Morgan fingerprint density at radius 3 is 2.88 bits per heavy atom. The summed E-state index contributed by atoms with van der Waals surface area (Å²) in [7, 11) is 1.86. The Labute approximate surface area is 168 Å². The van der Waals surface area contributed by atoms with Crippen LogP contribution >= 0.6 is 24.0 Å². The molecule has 0 aromatic carbocycles. The van der Waals surface area contributed by atoms with Crippen LogP contribution in [0.5, 0.6) is 0 Å². The number of nitrogens with one attached hydrogen (secondary N) is 1. The zero-order valence-corrected chi connectivity index (χ0v) is 17.6. The molecule has 7 heteroatoms. The molecule has 1 aromatic heterocycles. The third-order valence-electron chi connectivity index (χ3n) is 4.95. The fraction of sp³-hybridized carbons (Fsp3) is 0.667. The molecule has 0 saturated carbocycles. The fourth-order valence-corrected chi connectivity index (χ4v) is 3.52. The Bertz CT molecular complexity index is 562. The Kier molecular flexibility index (Phi) is 8.38. The maximum Gasteiger partial charge on any atom is 0.193 e. The van der Waals surface area contributed by atoms with Gasteiger partial charge in [0.2, 0.25) is 0 Å². The quantitative estimate of drug-likeness (QED) is 0.423. The molecule has 2 saturated heterocycles. The number of nitrogens with zero attached hydrogens (tertiary/aromatic N) is 4. The van der Waals surface area contributed by atoms with Gasteiger partial charge in [-0.25, -0.2) is 0 Å². The van der Waals surface area contributed by atoms with Gasteiger partial charge >= 0.3 is 0 Å². The van der Waals surface area contributed by atoms with Gasteiger partial charge in [0.05, 0.1) is 25.5 Å². The van der Waals surface area contributed by atoms with E-state index in [9.17, 15) is 0 Å². The van der Waals surface area contributed by atoms with Crippen LogP contribution in [0.2, 0.25) is 0 Å². The highest BCUT2D eigenvalue weighted by atomic mass is 127. The first-order valence-electron chi connectivity index (χ1n) is 8.92. The Balaban J connectivity index is 0.00000225. The van der Waals surface area contributed by atoms with Crippen molar-refractivity contribution in [3.05, 3.63) is 29.6 Å². The number of guanidine groups is 1. The second kappa shape index (κ2) is 10.3. The minimum Gasteiger partial charge on any atom is -0.379 e. The molecule has 140 valence electrons. The lowest BCUT2D eigenvalue weighted by atomic mass is 10.1. The van der Waals surface area contributed by atoms with Gasteiger partial charge in [0.15, 0.2) is 5.96 Å². The zero-order chi connectivity index (χ0) is 16.8. The summed E-state index contributed by atoms with van der Waals surface area (Å²) in [4.78, 5) is 13.8. The molecule has 3 heterocycles. The van der Waals surface area contributed by atoms with Crippen LogP contribution in [0.25, 0.3) is 0 Å². The molecule has 25 heavy (non-hydrogen) atoms. The van der Waals surface area contributed by atoms with Gasteiger partial charge in [-0.1, -0.05) is 6.07 Å². The topological polar surface area (TPSA) is 53.0 Å². The van der Waals surface area contributed by atoms with Gasteiger partial charge in [0.25, 0.3) is 0 Å². The number of pyridine rings is 1. The number of aryl methyl sites for hydroxylation is 1. The number of ether oxygens (including phenoxy) is 1. The SMILES string of the molecule is CN=C(NCc1ncccc1C)N1CCC(CN2CCOCC2)C1.I. The standard InChI is InChI=1S/C18H29N5O.HI/c1-15-4-3-6-20-17(15)12-21-18(19-2)23-7-5-16(14-23)13-22-8-10-24-11-9-22;/h3-4,6,16H,5,7-14H2,1-2H3,(H,19,21);1H. The number of aromatic nitrogens is 1. The number of aliphatic imine (C=N–C) groups is 1. The van der Waals surface area contributed by atoms with Gasteiger partial charge in [0.1, 0.15) is 0 Å². The second-order valence-corrected chi connectivity index (χ2v) is 6.68. The summed E-state index contributed by atoms with van der Waals surface area (Å²) in [5.41, 5.74) is 2.30. The Morgan fingerprint density at radius 1 is 1.36 bits per heavy atom. The van der Waals surface area contributed by atoms with E-state index in [-0.39, 0.29) is 24.0 Å². The minimum atomic E-state index is 0. The number of hydrogen-bond acceptors (Lipinski definition) is 4. The average molecular weight is 459 g/mol. The maximum atomic E-state index is 5.44. The third-order valence-corrected chi connectivity index (χ3v) is 4.95. The van der Waals surface area contributed by atoms with E-state index in [2.05, 4.69) is 38.1 Å². The van der Waals surface area contributed by atoms with E-state index in [0.29, 0.717) is 0 Å². The lowest BCUT2D eigenvalue weighted by molar-refractivity contribution is 0.0315. The molecule has 1 aromatic rings. The molecule has 0 radical (unpaired) electrons. The molecule has 1 N–H and O–H groups in total. The van der Waals surface area contributed by atoms with Crippen molar-refractivity contribution in [3.63, 3.8) is 0 Å². The largest absolute Gasteiger partial charge is 0.379 e. The van der Waals surface area contributed by atoms with Crippen molar-refractivity contribution in [2.24, 2.45) is 10.9 Å². The van der Waals surface area contributed by atoms with Crippen LogP contribution in [0.4, 0.5) is 0 Å². The molecule has 2 aliphatic heterocycles. The van der Waals surface area contributed by atoms with Gasteiger partial charge in [-0.05, 0) is 30.9 Å². The van der Waals surface area contributed by atoms with E-state index in [4.69, 9.17) is 4.74 Å². The second-order valence-electron chi connectivity index (χ2n) is 6.68. The fourth-order valence-electron chi connectivity index (χ4n) is 3.52. The van der Waals surface area contributed by atoms with Gasteiger partial charge in [-0.15, -0.1) is 24.0 Å². The number of morpholine rings is 1. The van der Waals surface area contributed by atoms with Gasteiger partial charge < -0.3 is 15.0 Å². The number of halogens is 1.